The van der Waals surface area contributed by atoms with Crippen LogP contribution in [0.5, 0.6) is 0 Å². The zero-order valence-electron chi connectivity index (χ0n) is 15.1. The summed E-state index contributed by atoms with van der Waals surface area (Å²) >= 11 is 0. The first-order valence-corrected chi connectivity index (χ1v) is 8.16. The monoisotopic (exact) mass is 321 g/mol. The highest BCUT2D eigenvalue weighted by Gasteiger charge is 2.11. The maximum atomic E-state index is 5.61. The third-order valence-electron chi connectivity index (χ3n) is 3.01. The van der Waals surface area contributed by atoms with Gasteiger partial charge in [0.15, 0.2) is 5.96 Å². The van der Waals surface area contributed by atoms with Gasteiger partial charge in [-0.15, -0.1) is 0 Å². The van der Waals surface area contributed by atoms with Crippen molar-refractivity contribution in [2.75, 3.05) is 26.9 Å². The quantitative estimate of drug-likeness (QED) is 0.439. The average Bonchev–Trinajstić information content (AvgIpc) is 2.50. The van der Waals surface area contributed by atoms with Crippen molar-refractivity contribution < 1.29 is 9.47 Å². The molecule has 0 aliphatic carbocycles. The van der Waals surface area contributed by atoms with Crippen LogP contribution in [0.3, 0.4) is 0 Å². The van der Waals surface area contributed by atoms with Crippen molar-refractivity contribution in [3.63, 3.8) is 0 Å². The molecule has 5 heteroatoms. The maximum absolute atomic E-state index is 5.61. The summed E-state index contributed by atoms with van der Waals surface area (Å²) in [4.78, 5) is 4.24. The lowest BCUT2D eigenvalue weighted by molar-refractivity contribution is 0.0453. The van der Waals surface area contributed by atoms with Crippen LogP contribution in [0.25, 0.3) is 0 Å². The highest BCUT2D eigenvalue weighted by atomic mass is 16.5. The molecule has 2 N–H and O–H groups in total. The number of benzene rings is 1. The Morgan fingerprint density at radius 1 is 1.13 bits per heavy atom. The average molecular weight is 321 g/mol. The van der Waals surface area contributed by atoms with Gasteiger partial charge in [-0.2, -0.15) is 0 Å². The minimum atomic E-state index is -0.0158. The fraction of sp³-hybridized carbons (Fsp3) is 0.611. The highest BCUT2D eigenvalue weighted by molar-refractivity contribution is 5.80. The molecular weight excluding hydrogens is 290 g/mol. The van der Waals surface area contributed by atoms with E-state index in [1.165, 1.54) is 11.1 Å². The second-order valence-corrected chi connectivity index (χ2v) is 6.37. The lowest BCUT2D eigenvalue weighted by atomic mass is 10.1. The molecule has 23 heavy (non-hydrogen) atoms. The van der Waals surface area contributed by atoms with E-state index in [1.54, 1.807) is 7.05 Å². The SMILES string of the molecule is CCOCCOCc1cccc(CNC(=NC)NC(C)(C)C)c1. The number of ether oxygens (including phenoxy) is 2. The van der Waals surface area contributed by atoms with Gasteiger partial charge in [0, 0.05) is 25.7 Å². The van der Waals surface area contributed by atoms with Crippen LogP contribution in [0, 0.1) is 0 Å². The molecule has 0 atom stereocenters. The van der Waals surface area contributed by atoms with Gasteiger partial charge in [-0.05, 0) is 38.8 Å². The van der Waals surface area contributed by atoms with Gasteiger partial charge in [-0.3, -0.25) is 4.99 Å². The molecule has 0 unspecified atom stereocenters. The van der Waals surface area contributed by atoms with E-state index in [4.69, 9.17) is 9.47 Å². The largest absolute Gasteiger partial charge is 0.379 e. The summed E-state index contributed by atoms with van der Waals surface area (Å²) in [6, 6.07) is 8.38. The summed E-state index contributed by atoms with van der Waals surface area (Å²) in [6.45, 7) is 11.6. The van der Waals surface area contributed by atoms with Gasteiger partial charge in [0.25, 0.3) is 0 Å². The molecule has 0 saturated heterocycles. The van der Waals surface area contributed by atoms with E-state index in [2.05, 4.69) is 60.7 Å². The Balaban J connectivity index is 2.44. The number of rotatable bonds is 8. The van der Waals surface area contributed by atoms with Gasteiger partial charge >= 0.3 is 0 Å². The first-order valence-electron chi connectivity index (χ1n) is 8.16. The van der Waals surface area contributed by atoms with Crippen LogP contribution in [0.1, 0.15) is 38.8 Å². The summed E-state index contributed by atoms with van der Waals surface area (Å²) in [5.74, 6) is 0.802. The molecule has 5 nitrogen and oxygen atoms in total. The Morgan fingerprint density at radius 3 is 2.48 bits per heavy atom. The Morgan fingerprint density at radius 2 is 1.83 bits per heavy atom. The van der Waals surface area contributed by atoms with Gasteiger partial charge in [0.05, 0.1) is 19.8 Å². The molecule has 0 saturated carbocycles. The molecule has 0 fully saturated rings. The Bertz CT molecular complexity index is 481. The molecule has 0 radical (unpaired) electrons. The zero-order valence-corrected chi connectivity index (χ0v) is 15.1. The van der Waals surface area contributed by atoms with Crippen LogP contribution < -0.4 is 10.6 Å². The topological polar surface area (TPSA) is 54.9 Å². The Labute approximate surface area is 140 Å². The maximum Gasteiger partial charge on any atom is 0.191 e. The number of nitrogens with zero attached hydrogens (tertiary/aromatic N) is 1. The van der Waals surface area contributed by atoms with Crippen LogP contribution in [0.15, 0.2) is 29.3 Å². The Kier molecular flexibility index (Phi) is 8.66. The molecule has 0 aliphatic heterocycles. The molecule has 0 spiro atoms. The molecular formula is C18H31N3O2. The standard InChI is InChI=1S/C18H31N3O2/c1-6-22-10-11-23-14-16-9-7-8-15(12-16)13-20-17(19-5)21-18(2,3)4/h7-9,12H,6,10-11,13-14H2,1-5H3,(H2,19,20,21). The minimum absolute atomic E-state index is 0.0158. The second kappa shape index (κ2) is 10.2. The molecule has 0 heterocycles. The third-order valence-corrected chi connectivity index (χ3v) is 3.01. The number of hydrogen-bond acceptors (Lipinski definition) is 3. The lowest BCUT2D eigenvalue weighted by Crippen LogP contribution is -2.47. The third kappa shape index (κ3) is 9.21. The molecule has 0 bridgehead atoms. The number of aliphatic imine (C=N–C) groups is 1. The van der Waals surface area contributed by atoms with Crippen LogP contribution in [-0.2, 0) is 22.6 Å². The van der Waals surface area contributed by atoms with Crippen LogP contribution in [0.4, 0.5) is 0 Å². The van der Waals surface area contributed by atoms with Crippen molar-refractivity contribution in [1.29, 1.82) is 0 Å². The van der Waals surface area contributed by atoms with Gasteiger partial charge in [0.2, 0.25) is 0 Å². The zero-order chi connectivity index (χ0) is 17.1. The fourth-order valence-electron chi connectivity index (χ4n) is 2.00. The first-order chi connectivity index (χ1) is 10.9. The number of guanidine groups is 1. The molecule has 0 aliphatic rings. The lowest BCUT2D eigenvalue weighted by Gasteiger charge is -2.23. The van der Waals surface area contributed by atoms with Crippen molar-refractivity contribution in [1.82, 2.24) is 10.6 Å². The van der Waals surface area contributed by atoms with Gasteiger partial charge < -0.3 is 20.1 Å². The van der Waals surface area contributed by atoms with E-state index in [-0.39, 0.29) is 5.54 Å². The molecule has 1 rings (SSSR count). The van der Waals surface area contributed by atoms with E-state index in [0.717, 1.165) is 19.1 Å². The second-order valence-electron chi connectivity index (χ2n) is 6.37. The Hall–Kier alpha value is -1.59. The van der Waals surface area contributed by atoms with Crippen molar-refractivity contribution >= 4 is 5.96 Å². The van der Waals surface area contributed by atoms with Gasteiger partial charge in [0.1, 0.15) is 0 Å². The highest BCUT2D eigenvalue weighted by Crippen LogP contribution is 2.07. The molecule has 1 aromatic rings. The first kappa shape index (κ1) is 19.5. The summed E-state index contributed by atoms with van der Waals surface area (Å²) in [7, 11) is 1.78. The van der Waals surface area contributed by atoms with E-state index in [1.807, 2.05) is 6.92 Å². The normalized spacial score (nSPS) is 12.3. The summed E-state index contributed by atoms with van der Waals surface area (Å²) in [5, 5.41) is 6.68. The number of nitrogens with one attached hydrogen (secondary N) is 2. The van der Waals surface area contributed by atoms with E-state index >= 15 is 0 Å². The summed E-state index contributed by atoms with van der Waals surface area (Å²) < 4.78 is 10.9. The molecule has 0 aromatic heterocycles. The fourth-order valence-corrected chi connectivity index (χ4v) is 2.00. The van der Waals surface area contributed by atoms with Crippen LogP contribution in [-0.4, -0.2) is 38.4 Å². The molecule has 130 valence electrons. The van der Waals surface area contributed by atoms with Crippen molar-refractivity contribution in [3.8, 4) is 0 Å². The van der Waals surface area contributed by atoms with Crippen molar-refractivity contribution in [2.24, 2.45) is 4.99 Å². The van der Waals surface area contributed by atoms with E-state index < -0.39 is 0 Å². The molecule has 1 aromatic carbocycles. The minimum Gasteiger partial charge on any atom is -0.379 e. The van der Waals surface area contributed by atoms with Crippen LogP contribution in [0.2, 0.25) is 0 Å². The van der Waals surface area contributed by atoms with Gasteiger partial charge in [-0.25, -0.2) is 0 Å². The van der Waals surface area contributed by atoms with Crippen molar-refractivity contribution in [3.05, 3.63) is 35.4 Å². The number of hydrogen-bond donors (Lipinski definition) is 2. The smallest absolute Gasteiger partial charge is 0.191 e. The van der Waals surface area contributed by atoms with Gasteiger partial charge in [-0.1, -0.05) is 24.3 Å². The predicted molar refractivity (Wildman–Crippen MR) is 95.7 cm³/mol. The van der Waals surface area contributed by atoms with E-state index in [9.17, 15) is 0 Å². The predicted octanol–water partition coefficient (Wildman–Crippen LogP) is 2.70. The summed E-state index contributed by atoms with van der Waals surface area (Å²) in [6.07, 6.45) is 0. The van der Waals surface area contributed by atoms with Crippen LogP contribution >= 0.6 is 0 Å². The van der Waals surface area contributed by atoms with Crippen molar-refractivity contribution in [2.45, 2.75) is 46.4 Å². The van der Waals surface area contributed by atoms with E-state index in [0.29, 0.717) is 19.8 Å². The molecule has 0 amide bonds. The summed E-state index contributed by atoms with van der Waals surface area (Å²) in [5.41, 5.74) is 2.35.